The molecule has 1 rings (SSSR count). The lowest BCUT2D eigenvalue weighted by Crippen LogP contribution is -2.25. The first-order valence-electron chi connectivity index (χ1n) is 5.16. The van der Waals surface area contributed by atoms with E-state index in [0.717, 1.165) is 11.8 Å². The van der Waals surface area contributed by atoms with E-state index in [2.05, 4.69) is 4.72 Å². The molecule has 0 atom stereocenters. The molecule has 0 saturated heterocycles. The fourth-order valence-electron chi connectivity index (χ4n) is 1.55. The summed E-state index contributed by atoms with van der Waals surface area (Å²) in [5, 5.41) is 5.10. The van der Waals surface area contributed by atoms with Gasteiger partial charge in [-0.2, -0.15) is 0 Å². The molecule has 1 aromatic carbocycles. The van der Waals surface area contributed by atoms with E-state index < -0.39 is 20.0 Å². The fraction of sp³-hybridized carbons (Fsp3) is 0.400. The van der Waals surface area contributed by atoms with Crippen LogP contribution in [0.5, 0.6) is 0 Å². The van der Waals surface area contributed by atoms with Crippen LogP contribution < -0.4 is 9.86 Å². The highest BCUT2D eigenvalue weighted by Crippen LogP contribution is 2.16. The molecule has 0 radical (unpaired) electrons. The summed E-state index contributed by atoms with van der Waals surface area (Å²) in [6.07, 6.45) is 1.31. The molecule has 0 fully saturated rings. The van der Waals surface area contributed by atoms with Crippen LogP contribution in [0, 0.1) is 6.92 Å². The molecule has 0 aliphatic heterocycles. The van der Waals surface area contributed by atoms with Crippen molar-refractivity contribution in [3.8, 4) is 0 Å². The Hall–Kier alpha value is -0.960. The molecule has 0 spiro atoms. The second-order valence-corrected chi connectivity index (χ2v) is 7.44. The van der Waals surface area contributed by atoms with Crippen molar-refractivity contribution in [1.82, 2.24) is 4.72 Å². The van der Waals surface area contributed by atoms with Gasteiger partial charge in [-0.25, -0.2) is 26.7 Å². The van der Waals surface area contributed by atoms with Crippen LogP contribution in [0.4, 0.5) is 0 Å². The zero-order chi connectivity index (χ0) is 14.0. The van der Waals surface area contributed by atoms with E-state index in [1.807, 2.05) is 6.92 Å². The van der Waals surface area contributed by atoms with Gasteiger partial charge < -0.3 is 0 Å². The van der Waals surface area contributed by atoms with Crippen LogP contribution in [0.2, 0.25) is 0 Å². The number of hydrogen-bond donors (Lipinski definition) is 2. The number of sulfonamides is 2. The van der Waals surface area contributed by atoms with Crippen molar-refractivity contribution in [1.29, 1.82) is 0 Å². The van der Waals surface area contributed by atoms with Crippen LogP contribution in [0.15, 0.2) is 23.1 Å². The van der Waals surface area contributed by atoms with E-state index in [1.165, 1.54) is 6.07 Å². The Bertz CT molecular complexity index is 636. The Balaban J connectivity index is 2.97. The third-order valence-corrected chi connectivity index (χ3v) is 4.02. The van der Waals surface area contributed by atoms with E-state index in [1.54, 1.807) is 12.1 Å². The first-order valence-corrected chi connectivity index (χ1v) is 8.60. The van der Waals surface area contributed by atoms with E-state index >= 15 is 0 Å². The number of nitrogens with two attached hydrogens (primary N) is 1. The zero-order valence-electron chi connectivity index (χ0n) is 10.2. The standard InChI is InChI=1S/C10H16N2O4S2/c1-8-3-4-10(18(11,15)16)9(7-8)5-6-12-17(2,13)14/h3-4,7,12H,5-6H2,1-2H3,(H2,11,15,16). The summed E-state index contributed by atoms with van der Waals surface area (Å²) >= 11 is 0. The van der Waals surface area contributed by atoms with Crippen molar-refractivity contribution in [2.75, 3.05) is 12.8 Å². The fourth-order valence-corrected chi connectivity index (χ4v) is 2.81. The Kier molecular flexibility index (Phi) is 4.49. The molecule has 102 valence electrons. The molecule has 8 heteroatoms. The molecule has 0 bridgehead atoms. The average Bonchev–Trinajstić information content (AvgIpc) is 2.13. The molecule has 0 heterocycles. The van der Waals surface area contributed by atoms with Gasteiger partial charge in [0.1, 0.15) is 0 Å². The van der Waals surface area contributed by atoms with Crippen molar-refractivity contribution in [3.63, 3.8) is 0 Å². The van der Waals surface area contributed by atoms with Crippen molar-refractivity contribution in [3.05, 3.63) is 29.3 Å². The number of rotatable bonds is 5. The second-order valence-electron chi connectivity index (χ2n) is 4.07. The predicted molar refractivity (Wildman–Crippen MR) is 69.1 cm³/mol. The minimum Gasteiger partial charge on any atom is -0.225 e. The minimum atomic E-state index is -3.79. The van der Waals surface area contributed by atoms with Crippen LogP contribution in [0.25, 0.3) is 0 Å². The van der Waals surface area contributed by atoms with Gasteiger partial charge in [0.25, 0.3) is 0 Å². The van der Waals surface area contributed by atoms with Gasteiger partial charge in [-0.15, -0.1) is 0 Å². The van der Waals surface area contributed by atoms with E-state index in [0.29, 0.717) is 5.56 Å². The highest BCUT2D eigenvalue weighted by Gasteiger charge is 2.14. The van der Waals surface area contributed by atoms with Crippen LogP contribution in [0.3, 0.4) is 0 Å². The molecule has 0 amide bonds. The highest BCUT2D eigenvalue weighted by molar-refractivity contribution is 7.89. The Morgan fingerprint density at radius 3 is 2.33 bits per heavy atom. The van der Waals surface area contributed by atoms with Crippen LogP contribution >= 0.6 is 0 Å². The molecule has 0 saturated carbocycles. The minimum absolute atomic E-state index is 0.0309. The summed E-state index contributed by atoms with van der Waals surface area (Å²) in [4.78, 5) is 0.0309. The maximum atomic E-state index is 11.4. The zero-order valence-corrected chi connectivity index (χ0v) is 11.8. The van der Waals surface area contributed by atoms with Gasteiger partial charge in [0.15, 0.2) is 0 Å². The summed E-state index contributed by atoms with van der Waals surface area (Å²) in [7, 11) is -7.08. The van der Waals surface area contributed by atoms with Crippen molar-refractivity contribution >= 4 is 20.0 Å². The average molecular weight is 292 g/mol. The molecule has 18 heavy (non-hydrogen) atoms. The quantitative estimate of drug-likeness (QED) is 0.779. The van der Waals surface area contributed by atoms with Gasteiger partial charge in [-0.1, -0.05) is 17.7 Å². The Morgan fingerprint density at radius 1 is 1.22 bits per heavy atom. The third-order valence-electron chi connectivity index (χ3n) is 2.28. The highest BCUT2D eigenvalue weighted by atomic mass is 32.2. The third kappa shape index (κ3) is 4.73. The molecule has 1 aromatic rings. The maximum Gasteiger partial charge on any atom is 0.238 e. The first-order chi connectivity index (χ1) is 8.09. The Labute approximate surface area is 107 Å². The lowest BCUT2D eigenvalue weighted by molar-refractivity contribution is 0.587. The molecule has 0 unspecified atom stereocenters. The maximum absolute atomic E-state index is 11.4. The number of hydrogen-bond acceptors (Lipinski definition) is 4. The van der Waals surface area contributed by atoms with Gasteiger partial charge in [0.05, 0.1) is 11.2 Å². The van der Waals surface area contributed by atoms with Crippen molar-refractivity contribution in [2.24, 2.45) is 5.14 Å². The number of aryl methyl sites for hydroxylation is 1. The van der Waals surface area contributed by atoms with Crippen LogP contribution in [0.1, 0.15) is 11.1 Å². The number of nitrogens with one attached hydrogen (secondary N) is 1. The lowest BCUT2D eigenvalue weighted by Gasteiger charge is -2.09. The normalized spacial score (nSPS) is 12.6. The summed E-state index contributed by atoms with van der Waals surface area (Å²) in [5.74, 6) is 0. The monoisotopic (exact) mass is 292 g/mol. The summed E-state index contributed by atoms with van der Waals surface area (Å²) in [6.45, 7) is 1.95. The topological polar surface area (TPSA) is 106 Å². The summed E-state index contributed by atoms with van der Waals surface area (Å²) in [6, 6.07) is 4.76. The molecule has 6 nitrogen and oxygen atoms in total. The first kappa shape index (κ1) is 15.1. The van der Waals surface area contributed by atoms with Gasteiger partial charge >= 0.3 is 0 Å². The summed E-state index contributed by atoms with van der Waals surface area (Å²) in [5.41, 5.74) is 1.39. The van der Waals surface area contributed by atoms with Gasteiger partial charge in [0, 0.05) is 6.54 Å². The van der Waals surface area contributed by atoms with Crippen molar-refractivity contribution in [2.45, 2.75) is 18.2 Å². The molecule has 0 aliphatic carbocycles. The van der Waals surface area contributed by atoms with E-state index in [-0.39, 0.29) is 17.9 Å². The predicted octanol–water partition coefficient (Wildman–Crippen LogP) is -0.266. The largest absolute Gasteiger partial charge is 0.238 e. The molecule has 3 N–H and O–H groups in total. The molecule has 0 aromatic heterocycles. The second kappa shape index (κ2) is 5.35. The van der Waals surface area contributed by atoms with Crippen LogP contribution in [-0.4, -0.2) is 29.6 Å². The van der Waals surface area contributed by atoms with Gasteiger partial charge in [-0.3, -0.25) is 0 Å². The van der Waals surface area contributed by atoms with Crippen LogP contribution in [-0.2, 0) is 26.5 Å². The molecule has 0 aliphatic rings. The summed E-state index contributed by atoms with van der Waals surface area (Å²) < 4.78 is 46.9. The van der Waals surface area contributed by atoms with Gasteiger partial charge in [0.2, 0.25) is 20.0 Å². The Morgan fingerprint density at radius 2 is 1.83 bits per heavy atom. The molecular weight excluding hydrogens is 276 g/mol. The van der Waals surface area contributed by atoms with Crippen molar-refractivity contribution < 1.29 is 16.8 Å². The molecular formula is C10H16N2O4S2. The van der Waals surface area contributed by atoms with E-state index in [9.17, 15) is 16.8 Å². The number of benzene rings is 1. The number of primary sulfonamides is 1. The van der Waals surface area contributed by atoms with E-state index in [4.69, 9.17) is 5.14 Å². The van der Waals surface area contributed by atoms with Gasteiger partial charge in [-0.05, 0) is 25.0 Å². The smallest absolute Gasteiger partial charge is 0.225 e. The SMILES string of the molecule is Cc1ccc(S(N)(=O)=O)c(CCNS(C)(=O)=O)c1. The lowest BCUT2D eigenvalue weighted by atomic mass is 10.1.